The summed E-state index contributed by atoms with van der Waals surface area (Å²) in [5, 5.41) is 0. The van der Waals surface area contributed by atoms with Crippen LogP contribution in [-0.4, -0.2) is 0 Å². The van der Waals surface area contributed by atoms with Gasteiger partial charge in [-0.05, 0) is 197 Å². The number of hydrogen-bond acceptors (Lipinski definition) is 6. The summed E-state index contributed by atoms with van der Waals surface area (Å²) in [5.41, 5.74) is 32.2. The molecule has 3 heterocycles. The number of hydrogen-bond donors (Lipinski definition) is 0. The minimum atomic E-state index is 1.15. The van der Waals surface area contributed by atoms with Crippen molar-refractivity contribution in [3.63, 3.8) is 0 Å². The second kappa shape index (κ2) is 30.5. The Hall–Kier alpha value is -4.14. The Bertz CT molecular complexity index is 3380. The molecule has 0 fully saturated rings. The van der Waals surface area contributed by atoms with Gasteiger partial charge in [-0.15, -0.1) is 0 Å². The van der Waals surface area contributed by atoms with Gasteiger partial charge in [-0.25, -0.2) is 0 Å². The molecule has 0 bridgehead atoms. The maximum Gasteiger partial charge on any atom is 0.0584 e. The molecule has 3 aliphatic heterocycles. The number of thioether (sulfide) groups is 6. The van der Waals surface area contributed by atoms with E-state index in [-0.39, 0.29) is 0 Å². The molecule has 0 N–H and O–H groups in total. The Morgan fingerprint density at radius 3 is 0.589 bits per heavy atom. The first-order valence-electron chi connectivity index (χ1n) is 35.8. The molecule has 7 aromatic rings. The summed E-state index contributed by atoms with van der Waals surface area (Å²) in [5.74, 6) is 0. The zero-order valence-electron chi connectivity index (χ0n) is 55.1. The third kappa shape index (κ3) is 13.2. The molecule has 0 spiro atoms. The first-order valence-corrected chi connectivity index (χ1v) is 40.7. The molecule has 7 aromatic carbocycles. The predicted octanol–water partition coefficient (Wildman–Crippen LogP) is 28.2. The third-order valence-electron chi connectivity index (χ3n) is 20.1. The minimum absolute atomic E-state index is 1.15. The highest BCUT2D eigenvalue weighted by Crippen LogP contribution is 2.71. The highest BCUT2D eigenvalue weighted by atomic mass is 32.2. The van der Waals surface area contributed by atoms with Crippen LogP contribution in [0.15, 0.2) is 151 Å². The SMILES string of the molecule is CCCCCCc1cc2c(cc1CCCCCC)-c1c(c3c(c4c1C(=C1Sc5ccccc5S1)c1cc(CCCCCC)c(CCCCCC)cc1-4)C(=C1Sc4ccccc4S1)c1cc(CCCCCC)c(CCCCCC)cc1-3)C2=C1Sc2ccccc2S1. The van der Waals surface area contributed by atoms with Gasteiger partial charge in [0.1, 0.15) is 0 Å². The van der Waals surface area contributed by atoms with Gasteiger partial charge in [-0.2, -0.15) is 0 Å². The van der Waals surface area contributed by atoms with E-state index >= 15 is 0 Å². The zero-order chi connectivity index (χ0) is 61.5. The van der Waals surface area contributed by atoms with Gasteiger partial charge in [-0.1, -0.05) is 300 Å². The van der Waals surface area contributed by atoms with Gasteiger partial charge < -0.3 is 0 Å². The quantitative estimate of drug-likeness (QED) is 0.0409. The Morgan fingerprint density at radius 1 is 0.211 bits per heavy atom. The monoisotopic (exact) mass is 1300 g/mol. The number of aryl methyl sites for hydroxylation is 6. The topological polar surface area (TPSA) is 0 Å². The summed E-state index contributed by atoms with van der Waals surface area (Å²) in [4.78, 5) is 8.40. The molecule has 0 unspecified atom stereocenters. The lowest BCUT2D eigenvalue weighted by molar-refractivity contribution is 0.650. The Kier molecular flexibility index (Phi) is 21.9. The fourth-order valence-corrected chi connectivity index (χ4v) is 23.2. The van der Waals surface area contributed by atoms with E-state index in [1.165, 1.54) is 280 Å². The summed E-state index contributed by atoms with van der Waals surface area (Å²) < 4.78 is 4.38. The van der Waals surface area contributed by atoms with Crippen molar-refractivity contribution in [2.24, 2.45) is 0 Å². The van der Waals surface area contributed by atoms with Gasteiger partial charge >= 0.3 is 0 Å². The Balaban J connectivity index is 1.18. The smallest absolute Gasteiger partial charge is 0.0584 e. The number of rotatable bonds is 30. The van der Waals surface area contributed by atoms with Crippen LogP contribution in [0.3, 0.4) is 0 Å². The average Bonchev–Trinajstić information content (AvgIpc) is 1.50. The maximum absolute atomic E-state index is 2.83. The van der Waals surface area contributed by atoms with Crippen LogP contribution in [0, 0.1) is 0 Å². The Morgan fingerprint density at radius 2 is 0.400 bits per heavy atom. The minimum Gasteiger partial charge on any atom is -0.0809 e. The van der Waals surface area contributed by atoms with Crippen LogP contribution in [0.25, 0.3) is 50.1 Å². The van der Waals surface area contributed by atoms with Crippen molar-refractivity contribution >= 4 is 87.3 Å². The van der Waals surface area contributed by atoms with Gasteiger partial charge in [-0.3, -0.25) is 0 Å². The second-order valence-corrected chi connectivity index (χ2v) is 33.6. The van der Waals surface area contributed by atoms with Crippen LogP contribution < -0.4 is 0 Å². The van der Waals surface area contributed by atoms with Crippen LogP contribution in [0.5, 0.6) is 0 Å². The molecule has 90 heavy (non-hydrogen) atoms. The molecule has 0 amide bonds. The number of fused-ring (bicyclic) bond motifs is 15. The molecule has 3 aliphatic carbocycles. The molecular weight excluding hydrogens is 1200 g/mol. The summed E-state index contributed by atoms with van der Waals surface area (Å²) in [7, 11) is 0. The fraction of sp³-hybridized carbons (Fsp3) is 0.429. The number of benzene rings is 7. The molecule has 0 saturated carbocycles. The highest BCUT2D eigenvalue weighted by Gasteiger charge is 2.47. The molecule has 6 heteroatoms. The van der Waals surface area contributed by atoms with Gasteiger partial charge in [0.05, 0.1) is 12.7 Å². The predicted molar refractivity (Wildman–Crippen MR) is 402 cm³/mol. The zero-order valence-corrected chi connectivity index (χ0v) is 60.0. The van der Waals surface area contributed by atoms with Crippen molar-refractivity contribution < 1.29 is 0 Å². The normalized spacial score (nSPS) is 14.6. The third-order valence-corrected chi connectivity index (χ3v) is 27.7. The molecule has 468 valence electrons. The van der Waals surface area contributed by atoms with Crippen LogP contribution in [0.4, 0.5) is 0 Å². The van der Waals surface area contributed by atoms with Crippen molar-refractivity contribution in [3.05, 3.63) is 189 Å². The molecule has 6 aliphatic rings. The molecular formula is C84H96S6. The van der Waals surface area contributed by atoms with Crippen molar-refractivity contribution in [2.75, 3.05) is 0 Å². The summed E-state index contributed by atoms with van der Waals surface area (Å²) in [6.45, 7) is 14.2. The van der Waals surface area contributed by atoms with Gasteiger partial charge in [0.15, 0.2) is 0 Å². The highest BCUT2D eigenvalue weighted by molar-refractivity contribution is 8.25. The van der Waals surface area contributed by atoms with Crippen LogP contribution >= 0.6 is 70.6 Å². The summed E-state index contributed by atoms with van der Waals surface area (Å²) in [6, 6.07) is 44.9. The molecule has 0 atom stereocenters. The molecule has 0 nitrogen and oxygen atoms in total. The van der Waals surface area contributed by atoms with E-state index in [4.69, 9.17) is 0 Å². The van der Waals surface area contributed by atoms with Crippen LogP contribution in [0.1, 0.15) is 262 Å². The first-order chi connectivity index (χ1) is 44.4. The van der Waals surface area contributed by atoms with Gasteiger partial charge in [0, 0.05) is 62.8 Å². The largest absolute Gasteiger partial charge is 0.0809 e. The lowest BCUT2D eigenvalue weighted by Gasteiger charge is -2.20. The second-order valence-electron chi connectivity index (χ2n) is 26.6. The van der Waals surface area contributed by atoms with Gasteiger partial charge in [0.25, 0.3) is 0 Å². The molecule has 0 radical (unpaired) electrons. The van der Waals surface area contributed by atoms with E-state index < -0.39 is 0 Å². The average molecular weight is 1300 g/mol. The fourth-order valence-electron chi connectivity index (χ4n) is 15.3. The van der Waals surface area contributed by atoms with E-state index in [9.17, 15) is 0 Å². The summed E-state index contributed by atoms with van der Waals surface area (Å²) >= 11 is 12.4. The van der Waals surface area contributed by atoms with Crippen molar-refractivity contribution in [2.45, 2.75) is 264 Å². The van der Waals surface area contributed by atoms with Crippen molar-refractivity contribution in [1.29, 1.82) is 0 Å². The van der Waals surface area contributed by atoms with Crippen LogP contribution in [-0.2, 0) is 38.5 Å². The molecule has 0 saturated heterocycles. The summed E-state index contributed by atoms with van der Waals surface area (Å²) in [6.07, 6.45) is 37.5. The lowest BCUT2D eigenvalue weighted by Crippen LogP contribution is -1.99. The lowest BCUT2D eigenvalue weighted by atomic mass is 9.83. The van der Waals surface area contributed by atoms with E-state index in [0.717, 1.165) is 38.5 Å². The van der Waals surface area contributed by atoms with E-state index in [1.807, 2.05) is 0 Å². The standard InChI is InChI=1S/C84H96S6/c1-7-13-19-25-37-55-49-61-64(52-58(55)40-28-22-16-10-4)76(82-85-67-43-31-32-44-68(67)86-82)79-73(61)80-75(62-50-56(38-26-20-14-8-2)59(41-29-23-17-11-5)53-65(62)77(80)83-87-69-45-33-34-46-70(69)88-83)81-74(79)63-51-57(39-27-21-15-9-3)60(42-30-24-18-12-6)54-66(63)78(81)84-89-71-47-35-36-48-72(71)90-84/h31-36,43-54H,7-30,37-42H2,1-6H3. The van der Waals surface area contributed by atoms with Crippen molar-refractivity contribution in [3.8, 4) is 33.4 Å². The van der Waals surface area contributed by atoms with Gasteiger partial charge in [0.2, 0.25) is 0 Å². The Labute approximate surface area is 568 Å². The number of unbranched alkanes of at least 4 members (excludes halogenated alkanes) is 18. The maximum atomic E-state index is 2.83. The van der Waals surface area contributed by atoms with E-state index in [2.05, 4.69) is 221 Å². The molecule has 0 aromatic heterocycles. The van der Waals surface area contributed by atoms with E-state index in [1.54, 1.807) is 33.4 Å². The first kappa shape index (κ1) is 64.6. The van der Waals surface area contributed by atoms with E-state index in [0.29, 0.717) is 0 Å². The molecule has 13 rings (SSSR count). The van der Waals surface area contributed by atoms with Crippen molar-refractivity contribution in [1.82, 2.24) is 0 Å². The van der Waals surface area contributed by atoms with Crippen LogP contribution in [0.2, 0.25) is 0 Å².